The molecule has 0 bridgehead atoms. The summed E-state index contributed by atoms with van der Waals surface area (Å²) in [5.41, 5.74) is 5.73. The Bertz CT molecular complexity index is 369. The van der Waals surface area contributed by atoms with E-state index in [1.165, 1.54) is 31.0 Å². The Morgan fingerprint density at radius 1 is 1.44 bits per heavy atom. The van der Waals surface area contributed by atoms with Crippen molar-refractivity contribution in [3.63, 3.8) is 0 Å². The van der Waals surface area contributed by atoms with Gasteiger partial charge < -0.3 is 11.1 Å². The molecule has 16 heavy (non-hydrogen) atoms. The van der Waals surface area contributed by atoms with Crippen LogP contribution in [0.2, 0.25) is 0 Å². The van der Waals surface area contributed by atoms with Crippen LogP contribution < -0.4 is 11.1 Å². The topological polar surface area (TPSA) is 63.8 Å². The first-order valence-corrected chi connectivity index (χ1v) is 6.85. The van der Waals surface area contributed by atoms with E-state index in [0.29, 0.717) is 11.9 Å². The lowest BCUT2D eigenvalue weighted by atomic mass is 10.1. The van der Waals surface area contributed by atoms with Crippen molar-refractivity contribution in [1.82, 2.24) is 9.97 Å². The molecule has 2 atom stereocenters. The minimum atomic E-state index is 0.535. The smallest absolute Gasteiger partial charge is 0.191 e. The highest BCUT2D eigenvalue weighted by atomic mass is 32.2. The third-order valence-corrected chi connectivity index (χ3v) is 3.50. The lowest BCUT2D eigenvalue weighted by Crippen LogP contribution is -2.16. The Hall–Kier alpha value is -0.970. The number of nitrogens with zero attached hydrogens (tertiary/aromatic N) is 2. The van der Waals surface area contributed by atoms with E-state index in [-0.39, 0.29) is 0 Å². The van der Waals surface area contributed by atoms with Gasteiger partial charge in [-0.05, 0) is 31.4 Å². The molecule has 1 aromatic heterocycles. The van der Waals surface area contributed by atoms with Gasteiger partial charge in [0, 0.05) is 12.1 Å². The number of nitrogens with one attached hydrogen (secondary N) is 1. The van der Waals surface area contributed by atoms with Crippen LogP contribution in [0.25, 0.3) is 0 Å². The second kappa shape index (κ2) is 4.91. The molecule has 0 spiro atoms. The first-order chi connectivity index (χ1) is 7.67. The van der Waals surface area contributed by atoms with Gasteiger partial charge in [0.25, 0.3) is 0 Å². The summed E-state index contributed by atoms with van der Waals surface area (Å²) in [6, 6.07) is 2.35. The summed E-state index contributed by atoms with van der Waals surface area (Å²) in [5, 5.41) is 4.17. The van der Waals surface area contributed by atoms with E-state index in [0.717, 1.165) is 16.9 Å². The van der Waals surface area contributed by atoms with Gasteiger partial charge in [0.05, 0.1) is 0 Å². The number of thioether (sulfide) groups is 1. The normalized spacial score (nSPS) is 24.6. The second-order valence-corrected chi connectivity index (χ2v) is 5.20. The molecular formula is C11H18N4S. The van der Waals surface area contributed by atoms with Crippen LogP contribution in [0.15, 0.2) is 11.2 Å². The zero-order valence-corrected chi connectivity index (χ0v) is 10.5. The zero-order chi connectivity index (χ0) is 11.5. The summed E-state index contributed by atoms with van der Waals surface area (Å²) in [7, 11) is 0. The Labute approximate surface area is 100 Å². The third-order valence-electron chi connectivity index (χ3n) is 2.95. The third kappa shape index (κ3) is 2.78. The van der Waals surface area contributed by atoms with Crippen LogP contribution in [-0.4, -0.2) is 22.3 Å². The van der Waals surface area contributed by atoms with Gasteiger partial charge in [0.2, 0.25) is 0 Å². The predicted octanol–water partition coefficient (Wildman–Crippen LogP) is 2.38. The molecule has 1 aliphatic rings. The molecule has 1 saturated carbocycles. The minimum absolute atomic E-state index is 0.535. The van der Waals surface area contributed by atoms with Crippen molar-refractivity contribution in [2.24, 2.45) is 5.92 Å². The fraction of sp³-hybridized carbons (Fsp3) is 0.636. The van der Waals surface area contributed by atoms with Gasteiger partial charge >= 0.3 is 0 Å². The molecule has 0 saturated heterocycles. The fourth-order valence-electron chi connectivity index (χ4n) is 2.16. The summed E-state index contributed by atoms with van der Waals surface area (Å²) >= 11 is 1.51. The highest BCUT2D eigenvalue weighted by Gasteiger charge is 2.21. The summed E-state index contributed by atoms with van der Waals surface area (Å²) in [5.74, 6) is 2.21. The molecule has 2 rings (SSSR count). The molecule has 4 nitrogen and oxygen atoms in total. The van der Waals surface area contributed by atoms with E-state index in [9.17, 15) is 0 Å². The Morgan fingerprint density at radius 3 is 2.88 bits per heavy atom. The minimum Gasteiger partial charge on any atom is -0.383 e. The maximum Gasteiger partial charge on any atom is 0.191 e. The largest absolute Gasteiger partial charge is 0.383 e. The van der Waals surface area contributed by atoms with Crippen LogP contribution in [0.1, 0.15) is 26.2 Å². The highest BCUT2D eigenvalue weighted by molar-refractivity contribution is 7.98. The number of hydrogen-bond acceptors (Lipinski definition) is 5. The Balaban J connectivity index is 2.06. The number of aromatic nitrogens is 2. The van der Waals surface area contributed by atoms with Gasteiger partial charge in [-0.3, -0.25) is 0 Å². The van der Waals surface area contributed by atoms with Gasteiger partial charge in [-0.25, -0.2) is 9.97 Å². The summed E-state index contributed by atoms with van der Waals surface area (Å²) < 4.78 is 0. The number of hydrogen-bond donors (Lipinski definition) is 2. The molecule has 1 heterocycles. The number of nitrogens with two attached hydrogens (primary N) is 1. The van der Waals surface area contributed by atoms with Crippen LogP contribution >= 0.6 is 11.8 Å². The quantitative estimate of drug-likeness (QED) is 0.625. The lowest BCUT2D eigenvalue weighted by molar-refractivity contribution is 0.602. The van der Waals surface area contributed by atoms with Gasteiger partial charge in [-0.2, -0.15) is 0 Å². The molecule has 1 fully saturated rings. The first-order valence-electron chi connectivity index (χ1n) is 5.62. The summed E-state index contributed by atoms with van der Waals surface area (Å²) in [4.78, 5) is 8.53. The van der Waals surface area contributed by atoms with Gasteiger partial charge in [0.15, 0.2) is 5.16 Å². The monoisotopic (exact) mass is 238 g/mol. The van der Waals surface area contributed by atoms with Crippen LogP contribution in [0.4, 0.5) is 11.6 Å². The number of nitrogen functional groups attached to an aromatic ring is 1. The number of rotatable bonds is 3. The van der Waals surface area contributed by atoms with Crippen molar-refractivity contribution in [3.05, 3.63) is 6.07 Å². The maximum atomic E-state index is 5.73. The molecule has 0 aromatic carbocycles. The average Bonchev–Trinajstić information content (AvgIpc) is 2.63. The van der Waals surface area contributed by atoms with E-state index >= 15 is 0 Å². The Kier molecular flexibility index (Phi) is 3.53. The predicted molar refractivity (Wildman–Crippen MR) is 68.7 cm³/mol. The van der Waals surface area contributed by atoms with E-state index in [4.69, 9.17) is 5.73 Å². The van der Waals surface area contributed by atoms with Gasteiger partial charge in [-0.1, -0.05) is 18.7 Å². The zero-order valence-electron chi connectivity index (χ0n) is 9.73. The molecule has 88 valence electrons. The average molecular weight is 238 g/mol. The fourth-order valence-corrected chi connectivity index (χ4v) is 2.54. The molecule has 2 unspecified atom stereocenters. The molecule has 1 aromatic rings. The van der Waals surface area contributed by atoms with Crippen molar-refractivity contribution in [1.29, 1.82) is 0 Å². The highest BCUT2D eigenvalue weighted by Crippen LogP contribution is 2.27. The first kappa shape index (κ1) is 11.5. The van der Waals surface area contributed by atoms with Gasteiger partial charge in [-0.15, -0.1) is 0 Å². The van der Waals surface area contributed by atoms with E-state index in [2.05, 4.69) is 22.2 Å². The molecule has 3 N–H and O–H groups in total. The molecule has 1 aliphatic carbocycles. The van der Waals surface area contributed by atoms with E-state index < -0.39 is 0 Å². The summed E-state index contributed by atoms with van der Waals surface area (Å²) in [6.07, 6.45) is 5.70. The molecular weight excluding hydrogens is 220 g/mol. The van der Waals surface area contributed by atoms with Crippen molar-refractivity contribution < 1.29 is 0 Å². The molecule has 0 amide bonds. The van der Waals surface area contributed by atoms with Crippen molar-refractivity contribution >= 4 is 23.4 Å². The van der Waals surface area contributed by atoms with E-state index in [1.54, 1.807) is 0 Å². The molecule has 0 aliphatic heterocycles. The standard InChI is InChI=1S/C11H18N4S/c1-7-3-4-8(5-7)13-10-6-9(12)14-11(15-10)16-2/h6-8H,3-5H2,1-2H3,(H3,12,13,14,15). The van der Waals surface area contributed by atoms with Crippen LogP contribution in [-0.2, 0) is 0 Å². The molecule has 5 heteroatoms. The number of anilines is 2. The SMILES string of the molecule is CSc1nc(N)cc(NC2CCC(C)C2)n1. The van der Waals surface area contributed by atoms with Crippen molar-refractivity contribution in [2.45, 2.75) is 37.4 Å². The van der Waals surface area contributed by atoms with Crippen LogP contribution in [0, 0.1) is 5.92 Å². The second-order valence-electron chi connectivity index (χ2n) is 4.42. The Morgan fingerprint density at radius 2 is 2.25 bits per heavy atom. The van der Waals surface area contributed by atoms with Crippen molar-refractivity contribution in [3.8, 4) is 0 Å². The van der Waals surface area contributed by atoms with Gasteiger partial charge in [0.1, 0.15) is 11.6 Å². The molecule has 0 radical (unpaired) electrons. The van der Waals surface area contributed by atoms with E-state index in [1.807, 2.05) is 12.3 Å². The van der Waals surface area contributed by atoms with Crippen LogP contribution in [0.5, 0.6) is 0 Å². The lowest BCUT2D eigenvalue weighted by Gasteiger charge is -2.13. The summed E-state index contributed by atoms with van der Waals surface area (Å²) in [6.45, 7) is 2.29. The van der Waals surface area contributed by atoms with Crippen molar-refractivity contribution in [2.75, 3.05) is 17.3 Å². The van der Waals surface area contributed by atoms with Crippen LogP contribution in [0.3, 0.4) is 0 Å². The maximum absolute atomic E-state index is 5.73.